The van der Waals surface area contributed by atoms with Crippen molar-refractivity contribution in [1.29, 1.82) is 0 Å². The summed E-state index contributed by atoms with van der Waals surface area (Å²) in [5.41, 5.74) is 11.4. The van der Waals surface area contributed by atoms with Crippen LogP contribution in [-0.2, 0) is 6.42 Å². The first kappa shape index (κ1) is 28.9. The Hall–Kier alpha value is -6.32. The van der Waals surface area contributed by atoms with E-state index in [9.17, 15) is 0 Å². The Labute approximate surface area is 285 Å². The SMILES string of the molecule is CCc1nc2ccccc2n1-c1cccc(-c2c3ccccc3c(-c3ccc(-c4ccccc4)cc3)c3ccc(-c4ccccc4)cc23)n1. The topological polar surface area (TPSA) is 30.7 Å². The molecule has 0 saturated carbocycles. The van der Waals surface area contributed by atoms with Gasteiger partial charge in [0.25, 0.3) is 0 Å². The van der Waals surface area contributed by atoms with Crippen LogP contribution < -0.4 is 0 Å². The molecule has 0 fully saturated rings. The third-order valence-electron chi connectivity index (χ3n) is 9.58. The molecule has 0 saturated heterocycles. The molecule has 0 aliphatic carbocycles. The van der Waals surface area contributed by atoms with E-state index in [-0.39, 0.29) is 0 Å². The normalized spacial score (nSPS) is 11.4. The van der Waals surface area contributed by atoms with Gasteiger partial charge in [0.05, 0.1) is 16.7 Å². The van der Waals surface area contributed by atoms with Crippen molar-refractivity contribution in [2.24, 2.45) is 0 Å². The highest BCUT2D eigenvalue weighted by Gasteiger charge is 2.20. The van der Waals surface area contributed by atoms with Gasteiger partial charge in [-0.2, -0.15) is 0 Å². The van der Waals surface area contributed by atoms with Crippen LogP contribution in [0, 0.1) is 0 Å². The van der Waals surface area contributed by atoms with E-state index in [1.165, 1.54) is 54.9 Å². The smallest absolute Gasteiger partial charge is 0.139 e. The minimum absolute atomic E-state index is 0.810. The number of rotatable bonds is 6. The van der Waals surface area contributed by atoms with Gasteiger partial charge in [0.1, 0.15) is 11.6 Å². The van der Waals surface area contributed by atoms with Gasteiger partial charge in [-0.05, 0) is 85.3 Å². The Morgan fingerprint density at radius 2 is 1.00 bits per heavy atom. The predicted octanol–water partition coefficient (Wildman–Crippen LogP) is 12.0. The van der Waals surface area contributed by atoms with Gasteiger partial charge in [-0.1, -0.05) is 146 Å². The molecule has 0 aliphatic heterocycles. The molecule has 3 nitrogen and oxygen atoms in total. The molecule has 9 aromatic rings. The van der Waals surface area contributed by atoms with E-state index in [0.29, 0.717) is 0 Å². The maximum absolute atomic E-state index is 5.42. The monoisotopic (exact) mass is 627 g/mol. The number of hydrogen-bond acceptors (Lipinski definition) is 2. The molecule has 0 amide bonds. The van der Waals surface area contributed by atoms with Crippen molar-refractivity contribution < 1.29 is 0 Å². The second-order valence-corrected chi connectivity index (χ2v) is 12.5. The van der Waals surface area contributed by atoms with E-state index in [2.05, 4.69) is 175 Å². The Bertz CT molecular complexity index is 2620. The molecule has 0 atom stereocenters. The molecule has 232 valence electrons. The van der Waals surface area contributed by atoms with Crippen LogP contribution in [0.3, 0.4) is 0 Å². The molecule has 0 spiro atoms. The van der Waals surface area contributed by atoms with Crippen molar-refractivity contribution in [1.82, 2.24) is 14.5 Å². The molecule has 3 heteroatoms. The lowest BCUT2D eigenvalue weighted by molar-refractivity contribution is 0.886. The number of aryl methyl sites for hydroxylation is 1. The second-order valence-electron chi connectivity index (χ2n) is 12.5. The first-order chi connectivity index (χ1) is 24.3. The van der Waals surface area contributed by atoms with Crippen LogP contribution in [0.1, 0.15) is 12.7 Å². The molecule has 49 heavy (non-hydrogen) atoms. The fourth-order valence-corrected chi connectivity index (χ4v) is 7.29. The van der Waals surface area contributed by atoms with E-state index < -0.39 is 0 Å². The average Bonchev–Trinajstić information content (AvgIpc) is 3.56. The number of hydrogen-bond donors (Lipinski definition) is 0. The Kier molecular flexibility index (Phi) is 7.09. The third kappa shape index (κ3) is 4.99. The number of benzene rings is 7. The van der Waals surface area contributed by atoms with Crippen molar-refractivity contribution in [3.63, 3.8) is 0 Å². The molecule has 0 aliphatic rings. The number of nitrogens with zero attached hydrogens (tertiary/aromatic N) is 3. The molecule has 9 rings (SSSR count). The van der Waals surface area contributed by atoms with Gasteiger partial charge in [-0.25, -0.2) is 9.97 Å². The van der Waals surface area contributed by atoms with Gasteiger partial charge in [-0.15, -0.1) is 0 Å². The molecule has 0 bridgehead atoms. The second kappa shape index (κ2) is 12.0. The summed E-state index contributed by atoms with van der Waals surface area (Å²) in [5, 5.41) is 4.77. The zero-order valence-corrected chi connectivity index (χ0v) is 27.2. The summed E-state index contributed by atoms with van der Waals surface area (Å²) in [5.74, 6) is 1.88. The van der Waals surface area contributed by atoms with Crippen molar-refractivity contribution in [2.75, 3.05) is 0 Å². The van der Waals surface area contributed by atoms with Gasteiger partial charge in [0.2, 0.25) is 0 Å². The summed E-state index contributed by atoms with van der Waals surface area (Å²) in [7, 11) is 0. The molecule has 2 heterocycles. The molecule has 0 unspecified atom stereocenters. The average molecular weight is 628 g/mol. The molecule has 2 aromatic heterocycles. The lowest BCUT2D eigenvalue weighted by Crippen LogP contribution is -2.03. The van der Waals surface area contributed by atoms with Gasteiger partial charge >= 0.3 is 0 Å². The van der Waals surface area contributed by atoms with Gasteiger partial charge < -0.3 is 0 Å². The number of para-hydroxylation sites is 2. The summed E-state index contributed by atoms with van der Waals surface area (Å²) in [4.78, 5) is 10.4. The van der Waals surface area contributed by atoms with Crippen LogP contribution >= 0.6 is 0 Å². The standard InChI is InChI=1S/C46H33N3/c1-2-43-47-40-20-11-12-22-42(40)49(43)44-23-13-21-41(48-44)46-37-19-10-9-18-36(37)45(34-26-24-33(25-27-34)31-14-5-3-6-15-31)38-29-28-35(30-39(38)46)32-16-7-4-8-17-32/h3-30H,2H2,1H3. The van der Waals surface area contributed by atoms with Gasteiger partial charge in [-0.3, -0.25) is 4.57 Å². The molecular formula is C46H33N3. The molecule has 0 N–H and O–H groups in total. The van der Waals surface area contributed by atoms with Crippen molar-refractivity contribution in [2.45, 2.75) is 13.3 Å². The summed E-state index contributed by atoms with van der Waals surface area (Å²) in [6, 6.07) is 60.6. The summed E-state index contributed by atoms with van der Waals surface area (Å²) >= 11 is 0. The Morgan fingerprint density at radius 1 is 0.429 bits per heavy atom. The molecule has 7 aromatic carbocycles. The Balaban J connectivity index is 1.32. The van der Waals surface area contributed by atoms with Crippen molar-refractivity contribution in [3.8, 4) is 50.5 Å². The lowest BCUT2D eigenvalue weighted by Gasteiger charge is -2.19. The fourth-order valence-electron chi connectivity index (χ4n) is 7.29. The van der Waals surface area contributed by atoms with E-state index >= 15 is 0 Å². The van der Waals surface area contributed by atoms with Crippen molar-refractivity contribution in [3.05, 3.63) is 176 Å². The quantitative estimate of drug-likeness (QED) is 0.172. The highest BCUT2D eigenvalue weighted by Crippen LogP contribution is 2.45. The van der Waals surface area contributed by atoms with Gasteiger partial charge in [0.15, 0.2) is 0 Å². The minimum Gasteiger partial charge on any atom is -0.280 e. The number of fused-ring (bicyclic) bond motifs is 3. The summed E-state index contributed by atoms with van der Waals surface area (Å²) in [6.07, 6.45) is 0.810. The highest BCUT2D eigenvalue weighted by atomic mass is 15.1. The number of pyridine rings is 1. The number of aromatic nitrogens is 3. The summed E-state index contributed by atoms with van der Waals surface area (Å²) < 4.78 is 2.21. The lowest BCUT2D eigenvalue weighted by atomic mass is 9.85. The maximum atomic E-state index is 5.42. The first-order valence-electron chi connectivity index (χ1n) is 16.9. The largest absolute Gasteiger partial charge is 0.280 e. The third-order valence-corrected chi connectivity index (χ3v) is 9.58. The fraction of sp³-hybridized carbons (Fsp3) is 0.0435. The zero-order valence-electron chi connectivity index (χ0n) is 27.2. The zero-order chi connectivity index (χ0) is 32.7. The van der Waals surface area contributed by atoms with Crippen LogP contribution in [0.4, 0.5) is 0 Å². The van der Waals surface area contributed by atoms with Crippen LogP contribution in [0.15, 0.2) is 170 Å². The first-order valence-corrected chi connectivity index (χ1v) is 16.9. The van der Waals surface area contributed by atoms with Crippen LogP contribution in [0.25, 0.3) is 83.0 Å². The number of imidazole rings is 1. The van der Waals surface area contributed by atoms with Gasteiger partial charge in [0, 0.05) is 12.0 Å². The Morgan fingerprint density at radius 3 is 1.73 bits per heavy atom. The molecule has 0 radical (unpaired) electrons. The van der Waals surface area contributed by atoms with E-state index in [1.807, 2.05) is 6.07 Å². The van der Waals surface area contributed by atoms with Crippen LogP contribution in [0.2, 0.25) is 0 Å². The maximum Gasteiger partial charge on any atom is 0.139 e. The van der Waals surface area contributed by atoms with E-state index in [4.69, 9.17) is 9.97 Å². The van der Waals surface area contributed by atoms with Crippen molar-refractivity contribution >= 4 is 32.6 Å². The van der Waals surface area contributed by atoms with E-state index in [1.54, 1.807) is 0 Å². The van der Waals surface area contributed by atoms with Crippen LogP contribution in [-0.4, -0.2) is 14.5 Å². The highest BCUT2D eigenvalue weighted by molar-refractivity contribution is 6.21. The minimum atomic E-state index is 0.810. The van der Waals surface area contributed by atoms with Crippen LogP contribution in [0.5, 0.6) is 0 Å². The molecular weight excluding hydrogens is 595 g/mol. The summed E-state index contributed by atoms with van der Waals surface area (Å²) in [6.45, 7) is 2.15. The predicted molar refractivity (Wildman–Crippen MR) is 205 cm³/mol. The van der Waals surface area contributed by atoms with E-state index in [0.717, 1.165) is 40.4 Å².